The lowest BCUT2D eigenvalue weighted by atomic mass is 10.0. The lowest BCUT2D eigenvalue weighted by Gasteiger charge is -2.37. The van der Waals surface area contributed by atoms with Crippen molar-refractivity contribution in [3.63, 3.8) is 0 Å². The van der Waals surface area contributed by atoms with Gasteiger partial charge < -0.3 is 19.3 Å². The van der Waals surface area contributed by atoms with Gasteiger partial charge in [-0.15, -0.1) is 11.3 Å². The Morgan fingerprint density at radius 1 is 1.06 bits per heavy atom. The molecule has 5 rings (SSSR count). The third kappa shape index (κ3) is 5.31. The van der Waals surface area contributed by atoms with Gasteiger partial charge in [0.1, 0.15) is 24.7 Å². The van der Waals surface area contributed by atoms with Crippen LogP contribution in [0.3, 0.4) is 0 Å². The summed E-state index contributed by atoms with van der Waals surface area (Å²) < 4.78 is 11.3. The molecule has 0 unspecified atom stereocenters. The van der Waals surface area contributed by atoms with E-state index in [9.17, 15) is 9.59 Å². The van der Waals surface area contributed by atoms with Crippen molar-refractivity contribution in [3.05, 3.63) is 81.0 Å². The average Bonchev–Trinajstić information content (AvgIpc) is 3.61. The largest absolute Gasteiger partial charge is 0.497 e. The van der Waals surface area contributed by atoms with Gasteiger partial charge in [0.15, 0.2) is 0 Å². The summed E-state index contributed by atoms with van der Waals surface area (Å²) in [6.45, 7) is 1.01. The van der Waals surface area contributed by atoms with Crippen molar-refractivity contribution in [2.24, 2.45) is 0 Å². The van der Waals surface area contributed by atoms with Gasteiger partial charge in [0, 0.05) is 28.0 Å². The number of thiophene rings is 1. The van der Waals surface area contributed by atoms with Crippen molar-refractivity contribution in [2.75, 3.05) is 26.8 Å². The molecule has 1 aliphatic heterocycles. The molecule has 1 fully saturated rings. The quantitative estimate of drug-likeness (QED) is 0.417. The fourth-order valence-electron chi connectivity index (χ4n) is 4.47. The number of benzene rings is 2. The van der Waals surface area contributed by atoms with Gasteiger partial charge in [0.05, 0.1) is 13.2 Å². The average molecular weight is 511 g/mol. The Morgan fingerprint density at radius 2 is 1.77 bits per heavy atom. The summed E-state index contributed by atoms with van der Waals surface area (Å²) in [5.41, 5.74) is 1.69. The van der Waals surface area contributed by atoms with Crippen LogP contribution in [-0.2, 0) is 11.2 Å². The Bertz CT molecular complexity index is 1190. The van der Waals surface area contributed by atoms with Gasteiger partial charge in [-0.05, 0) is 84.8 Å². The van der Waals surface area contributed by atoms with Gasteiger partial charge in [0.2, 0.25) is 5.91 Å². The zero-order valence-electron chi connectivity index (χ0n) is 19.5. The van der Waals surface area contributed by atoms with Crippen molar-refractivity contribution in [2.45, 2.75) is 31.3 Å². The first-order chi connectivity index (χ1) is 17.0. The molecular formula is C27H27ClN2O4S. The van der Waals surface area contributed by atoms with Crippen molar-refractivity contribution in [1.82, 2.24) is 9.80 Å². The number of amides is 2. The normalized spacial score (nSPS) is 17.0. The van der Waals surface area contributed by atoms with E-state index < -0.39 is 0 Å². The topological polar surface area (TPSA) is 59.1 Å². The minimum Gasteiger partial charge on any atom is -0.497 e. The Labute approximate surface area is 214 Å². The monoisotopic (exact) mass is 510 g/mol. The molecule has 6 nitrogen and oxygen atoms in total. The number of carbonyl (C=O) groups is 2. The van der Waals surface area contributed by atoms with E-state index in [0.717, 1.165) is 24.8 Å². The lowest BCUT2D eigenvalue weighted by molar-refractivity contribution is -0.135. The fourth-order valence-corrected chi connectivity index (χ4v) is 5.52. The van der Waals surface area contributed by atoms with Crippen molar-refractivity contribution < 1.29 is 19.1 Å². The number of hydrogen-bond donors (Lipinski definition) is 0. The molecule has 2 heterocycles. The third-order valence-electron chi connectivity index (χ3n) is 6.53. The molecule has 1 aromatic heterocycles. The van der Waals surface area contributed by atoms with E-state index in [1.165, 1.54) is 4.88 Å². The van der Waals surface area contributed by atoms with Crippen LogP contribution in [0.1, 0.15) is 39.7 Å². The second-order valence-electron chi connectivity index (χ2n) is 8.81. The first kappa shape index (κ1) is 23.7. The van der Waals surface area contributed by atoms with E-state index in [4.69, 9.17) is 21.1 Å². The zero-order valence-corrected chi connectivity index (χ0v) is 21.1. The van der Waals surface area contributed by atoms with Gasteiger partial charge in [-0.1, -0.05) is 11.6 Å². The Kier molecular flexibility index (Phi) is 6.97. The Hall–Kier alpha value is -3.03. The van der Waals surface area contributed by atoms with Crippen molar-refractivity contribution in [3.8, 4) is 11.5 Å². The second-order valence-corrected chi connectivity index (χ2v) is 10.2. The third-order valence-corrected chi connectivity index (χ3v) is 7.78. The van der Waals surface area contributed by atoms with E-state index in [-0.39, 0.29) is 30.4 Å². The SMILES string of the molecule is COc1ccc(C(=O)N(CC(=O)N2CCc3sccc3[C@@H]2COc2ccc(Cl)cc2)C2CC2)cc1. The summed E-state index contributed by atoms with van der Waals surface area (Å²) in [6.07, 6.45) is 2.66. The molecule has 0 saturated heterocycles. The molecule has 1 atom stereocenters. The number of halogens is 1. The van der Waals surface area contributed by atoms with E-state index in [0.29, 0.717) is 35.2 Å². The van der Waals surface area contributed by atoms with Gasteiger partial charge in [-0.3, -0.25) is 9.59 Å². The van der Waals surface area contributed by atoms with Crippen LogP contribution in [-0.4, -0.2) is 54.5 Å². The molecule has 1 aliphatic carbocycles. The number of nitrogens with zero attached hydrogens (tertiary/aromatic N) is 2. The summed E-state index contributed by atoms with van der Waals surface area (Å²) in [7, 11) is 1.59. The molecule has 0 spiro atoms. The number of carbonyl (C=O) groups excluding carboxylic acids is 2. The van der Waals surface area contributed by atoms with Crippen LogP contribution >= 0.6 is 22.9 Å². The Morgan fingerprint density at radius 3 is 2.46 bits per heavy atom. The smallest absolute Gasteiger partial charge is 0.254 e. The molecule has 182 valence electrons. The zero-order chi connectivity index (χ0) is 24.4. The molecule has 2 aliphatic rings. The van der Waals surface area contributed by atoms with Gasteiger partial charge >= 0.3 is 0 Å². The van der Waals surface area contributed by atoms with Crippen LogP contribution < -0.4 is 9.47 Å². The van der Waals surface area contributed by atoms with E-state index in [1.54, 1.807) is 59.7 Å². The summed E-state index contributed by atoms with van der Waals surface area (Å²) in [5.74, 6) is 1.23. The molecule has 2 aromatic carbocycles. The van der Waals surface area contributed by atoms with E-state index >= 15 is 0 Å². The van der Waals surface area contributed by atoms with Gasteiger partial charge in [-0.2, -0.15) is 0 Å². The number of hydrogen-bond acceptors (Lipinski definition) is 5. The minimum absolute atomic E-state index is 0.0553. The fraction of sp³-hybridized carbons (Fsp3) is 0.333. The highest BCUT2D eigenvalue weighted by molar-refractivity contribution is 7.10. The maximum atomic E-state index is 13.6. The first-order valence-corrected chi connectivity index (χ1v) is 13.0. The molecule has 2 amide bonds. The summed E-state index contributed by atoms with van der Waals surface area (Å²) in [5, 5.41) is 2.71. The first-order valence-electron chi connectivity index (χ1n) is 11.7. The molecule has 3 aromatic rings. The van der Waals surface area contributed by atoms with Crippen molar-refractivity contribution >= 4 is 34.8 Å². The highest BCUT2D eigenvalue weighted by Gasteiger charge is 2.38. The molecule has 35 heavy (non-hydrogen) atoms. The predicted octanol–water partition coefficient (Wildman–Crippen LogP) is 5.22. The van der Waals surface area contributed by atoms with Crippen LogP contribution in [0, 0.1) is 0 Å². The number of ether oxygens (including phenoxy) is 2. The summed E-state index contributed by atoms with van der Waals surface area (Å²) in [4.78, 5) is 31.8. The van der Waals surface area contributed by atoms with Gasteiger partial charge in [0.25, 0.3) is 5.91 Å². The molecule has 0 bridgehead atoms. The summed E-state index contributed by atoms with van der Waals surface area (Å²) >= 11 is 7.71. The highest BCUT2D eigenvalue weighted by atomic mass is 35.5. The number of rotatable bonds is 8. The van der Waals surface area contributed by atoms with Crippen molar-refractivity contribution in [1.29, 1.82) is 0 Å². The van der Waals surface area contributed by atoms with Crippen LogP contribution in [0.5, 0.6) is 11.5 Å². The van der Waals surface area contributed by atoms with Gasteiger partial charge in [-0.25, -0.2) is 0 Å². The van der Waals surface area contributed by atoms with E-state index in [1.807, 2.05) is 17.0 Å². The standard InChI is InChI=1S/C27H27ClN2O4S/c1-33-21-8-2-18(3-9-21)27(32)30(20-6-7-20)16-26(31)29-14-12-25-23(13-15-35-25)24(29)17-34-22-10-4-19(28)5-11-22/h2-5,8-11,13,15,20,24H,6-7,12,14,16-17H2,1H3/t24-/m0/s1. The molecule has 8 heteroatoms. The van der Waals surface area contributed by atoms with Crippen LogP contribution in [0.15, 0.2) is 60.0 Å². The van der Waals surface area contributed by atoms with Crippen LogP contribution in [0.2, 0.25) is 5.02 Å². The molecule has 0 radical (unpaired) electrons. The number of fused-ring (bicyclic) bond motifs is 1. The minimum atomic E-state index is -0.203. The summed E-state index contributed by atoms with van der Waals surface area (Å²) in [6, 6.07) is 16.3. The molecule has 0 N–H and O–H groups in total. The van der Waals surface area contributed by atoms with Crippen LogP contribution in [0.4, 0.5) is 0 Å². The molecular weight excluding hydrogens is 484 g/mol. The predicted molar refractivity (Wildman–Crippen MR) is 136 cm³/mol. The van der Waals surface area contributed by atoms with E-state index in [2.05, 4.69) is 11.4 Å². The second kappa shape index (κ2) is 10.3. The molecule has 1 saturated carbocycles. The van der Waals surface area contributed by atoms with Crippen LogP contribution in [0.25, 0.3) is 0 Å². The highest BCUT2D eigenvalue weighted by Crippen LogP contribution is 2.35. The maximum Gasteiger partial charge on any atom is 0.254 e. The Balaban J connectivity index is 1.32. The maximum absolute atomic E-state index is 13.6. The lowest BCUT2D eigenvalue weighted by Crippen LogP contribution is -2.48. The number of methoxy groups -OCH3 is 1.